The summed E-state index contributed by atoms with van der Waals surface area (Å²) in [6, 6.07) is 24.8. The normalized spacial score (nSPS) is 14.5. The fourth-order valence-corrected chi connectivity index (χ4v) is 4.14. The van der Waals surface area contributed by atoms with Crippen LogP contribution in [0.5, 0.6) is 0 Å². The summed E-state index contributed by atoms with van der Waals surface area (Å²) in [5.41, 5.74) is 4.67. The number of aliphatic imine (C=N–C) groups is 1. The molecule has 0 unspecified atom stereocenters. The smallest absolute Gasteiger partial charge is 0.256 e. The summed E-state index contributed by atoms with van der Waals surface area (Å²) in [5.74, 6) is -0.149. The minimum absolute atomic E-state index is 0.149. The molecule has 5 rings (SSSR count). The molecule has 0 saturated carbocycles. The van der Waals surface area contributed by atoms with Crippen molar-refractivity contribution >= 4 is 50.9 Å². The molecule has 0 bridgehead atoms. The number of nitrogens with zero attached hydrogens (tertiary/aromatic N) is 3. The van der Waals surface area contributed by atoms with Crippen molar-refractivity contribution in [2.75, 3.05) is 5.32 Å². The van der Waals surface area contributed by atoms with Crippen molar-refractivity contribution in [1.82, 2.24) is 10.2 Å². The van der Waals surface area contributed by atoms with Crippen molar-refractivity contribution in [1.29, 1.82) is 0 Å². The van der Waals surface area contributed by atoms with Gasteiger partial charge in [0, 0.05) is 27.4 Å². The number of benzene rings is 3. The topological polar surface area (TPSA) is 67.2 Å². The number of hydrogen-bond donors (Lipinski definition) is 1. The van der Waals surface area contributed by atoms with Gasteiger partial charge in [-0.3, -0.25) is 4.79 Å². The maximum Gasteiger partial charge on any atom is 0.256 e. The Morgan fingerprint density at radius 1 is 0.935 bits per heavy atom. The van der Waals surface area contributed by atoms with E-state index in [1.54, 1.807) is 6.08 Å². The van der Waals surface area contributed by atoms with Gasteiger partial charge in [0.25, 0.3) is 5.91 Å². The molecular formula is C24H15ClN4OS. The Bertz CT molecular complexity index is 1330. The van der Waals surface area contributed by atoms with E-state index in [-0.39, 0.29) is 5.91 Å². The number of para-hydroxylation sites is 1. The molecule has 1 N–H and O–H groups in total. The second kappa shape index (κ2) is 8.26. The number of carbonyl (C=O) groups excluding carboxylic acids is 1. The van der Waals surface area contributed by atoms with Gasteiger partial charge in [0.2, 0.25) is 5.13 Å². The van der Waals surface area contributed by atoms with Gasteiger partial charge >= 0.3 is 0 Å². The second-order valence-electron chi connectivity index (χ2n) is 6.82. The summed E-state index contributed by atoms with van der Waals surface area (Å²) < 4.78 is 0. The molecule has 0 fully saturated rings. The van der Waals surface area contributed by atoms with Crippen LogP contribution < -0.4 is 5.32 Å². The lowest BCUT2D eigenvalue weighted by Gasteiger charge is -2.03. The third kappa shape index (κ3) is 4.03. The number of anilines is 1. The van der Waals surface area contributed by atoms with E-state index in [4.69, 9.17) is 16.6 Å². The number of nitrogens with one attached hydrogen (secondary N) is 1. The molecule has 2 heterocycles. The first-order chi connectivity index (χ1) is 15.2. The molecule has 150 valence electrons. The lowest BCUT2D eigenvalue weighted by Crippen LogP contribution is -2.06. The molecule has 31 heavy (non-hydrogen) atoms. The SMILES string of the molecule is O=C1Nc2ccccc2C1=CC(=Nc1nnc(-c2ccc(Cl)cc2)s1)c1ccccc1. The van der Waals surface area contributed by atoms with E-state index < -0.39 is 0 Å². The lowest BCUT2D eigenvalue weighted by molar-refractivity contribution is -0.110. The zero-order valence-corrected chi connectivity index (χ0v) is 17.7. The van der Waals surface area contributed by atoms with Crippen molar-refractivity contribution in [3.8, 4) is 10.6 Å². The molecule has 5 nitrogen and oxygen atoms in total. The number of hydrogen-bond acceptors (Lipinski definition) is 5. The summed E-state index contributed by atoms with van der Waals surface area (Å²) in [7, 11) is 0. The summed E-state index contributed by atoms with van der Waals surface area (Å²) >= 11 is 7.35. The van der Waals surface area contributed by atoms with Gasteiger partial charge in [-0.15, -0.1) is 10.2 Å². The number of carbonyl (C=O) groups is 1. The molecule has 1 amide bonds. The summed E-state index contributed by atoms with van der Waals surface area (Å²) in [5, 5.41) is 13.3. The molecule has 0 atom stereocenters. The number of amides is 1. The Kier molecular flexibility index (Phi) is 5.16. The average Bonchev–Trinajstić information content (AvgIpc) is 3.39. The van der Waals surface area contributed by atoms with Gasteiger partial charge in [-0.05, 0) is 24.3 Å². The van der Waals surface area contributed by atoms with Crippen LogP contribution in [0.2, 0.25) is 5.02 Å². The van der Waals surface area contributed by atoms with Gasteiger partial charge in [-0.1, -0.05) is 83.6 Å². The zero-order chi connectivity index (χ0) is 21.2. The molecule has 1 aliphatic rings. The third-order valence-corrected chi connectivity index (χ3v) is 5.90. The third-order valence-electron chi connectivity index (χ3n) is 4.78. The van der Waals surface area contributed by atoms with Crippen molar-refractivity contribution in [2.24, 2.45) is 4.99 Å². The Labute approximate surface area is 187 Å². The van der Waals surface area contributed by atoms with Crippen molar-refractivity contribution in [3.05, 3.63) is 101 Å². The van der Waals surface area contributed by atoms with Gasteiger partial charge in [0.05, 0.1) is 11.3 Å². The highest BCUT2D eigenvalue weighted by atomic mass is 35.5. The van der Waals surface area contributed by atoms with Crippen LogP contribution in [0, 0.1) is 0 Å². The highest BCUT2D eigenvalue weighted by molar-refractivity contribution is 7.18. The van der Waals surface area contributed by atoms with E-state index in [0.717, 1.165) is 27.4 Å². The molecule has 0 spiro atoms. The highest BCUT2D eigenvalue weighted by Gasteiger charge is 2.24. The Balaban J connectivity index is 1.58. The first kappa shape index (κ1) is 19.4. The first-order valence-corrected chi connectivity index (χ1v) is 10.7. The molecule has 7 heteroatoms. The van der Waals surface area contributed by atoms with Crippen LogP contribution >= 0.6 is 22.9 Å². The number of allylic oxidation sites excluding steroid dienone is 1. The van der Waals surface area contributed by atoms with Gasteiger partial charge in [-0.2, -0.15) is 0 Å². The minimum Gasteiger partial charge on any atom is -0.321 e. The number of aromatic nitrogens is 2. The Morgan fingerprint density at radius 3 is 2.48 bits per heavy atom. The highest BCUT2D eigenvalue weighted by Crippen LogP contribution is 2.33. The average molecular weight is 443 g/mol. The van der Waals surface area contributed by atoms with Crippen LogP contribution in [0.25, 0.3) is 16.1 Å². The van der Waals surface area contributed by atoms with Gasteiger partial charge in [-0.25, -0.2) is 4.99 Å². The van der Waals surface area contributed by atoms with E-state index in [1.807, 2.05) is 78.9 Å². The second-order valence-corrected chi connectivity index (χ2v) is 8.21. The standard InChI is InChI=1S/C24H15ClN4OS/c25-17-12-10-16(11-13-17)23-28-29-24(31-23)27-21(15-6-2-1-3-7-15)14-19-18-8-4-5-9-20(18)26-22(19)30/h1-14H,(H,26,30). The number of fused-ring (bicyclic) bond motifs is 1. The maximum atomic E-state index is 12.6. The molecule has 0 saturated heterocycles. The van der Waals surface area contributed by atoms with E-state index in [2.05, 4.69) is 15.5 Å². The van der Waals surface area contributed by atoms with Crippen LogP contribution in [0.3, 0.4) is 0 Å². The molecule has 3 aromatic carbocycles. The van der Waals surface area contributed by atoms with Crippen molar-refractivity contribution in [2.45, 2.75) is 0 Å². The zero-order valence-electron chi connectivity index (χ0n) is 16.1. The first-order valence-electron chi connectivity index (χ1n) is 9.53. The largest absolute Gasteiger partial charge is 0.321 e. The van der Waals surface area contributed by atoms with E-state index >= 15 is 0 Å². The van der Waals surface area contributed by atoms with Crippen molar-refractivity contribution < 1.29 is 4.79 Å². The van der Waals surface area contributed by atoms with Crippen molar-refractivity contribution in [3.63, 3.8) is 0 Å². The molecular weight excluding hydrogens is 428 g/mol. The van der Waals surface area contributed by atoms with Gasteiger partial charge in [0.1, 0.15) is 5.01 Å². The monoisotopic (exact) mass is 442 g/mol. The number of rotatable bonds is 4. The fraction of sp³-hybridized carbons (Fsp3) is 0. The molecule has 4 aromatic rings. The van der Waals surface area contributed by atoms with Crippen LogP contribution in [-0.2, 0) is 4.79 Å². The summed E-state index contributed by atoms with van der Waals surface area (Å²) in [6.07, 6.45) is 1.81. The molecule has 0 radical (unpaired) electrons. The van der Waals surface area contributed by atoms with Crippen LogP contribution in [0.4, 0.5) is 10.8 Å². The Hall–Kier alpha value is -3.61. The summed E-state index contributed by atoms with van der Waals surface area (Å²) in [6.45, 7) is 0. The van der Waals surface area contributed by atoms with Crippen LogP contribution in [-0.4, -0.2) is 21.8 Å². The fourth-order valence-electron chi connectivity index (χ4n) is 3.28. The van der Waals surface area contributed by atoms with Crippen LogP contribution in [0.15, 0.2) is 89.9 Å². The molecule has 1 aliphatic heterocycles. The maximum absolute atomic E-state index is 12.6. The molecule has 0 aliphatic carbocycles. The van der Waals surface area contributed by atoms with E-state index in [9.17, 15) is 4.79 Å². The molecule has 1 aromatic heterocycles. The Morgan fingerprint density at radius 2 is 1.68 bits per heavy atom. The van der Waals surface area contributed by atoms with Gasteiger partial charge < -0.3 is 5.32 Å². The lowest BCUT2D eigenvalue weighted by atomic mass is 10.0. The van der Waals surface area contributed by atoms with Crippen LogP contribution in [0.1, 0.15) is 11.1 Å². The quantitative estimate of drug-likeness (QED) is 0.310. The van der Waals surface area contributed by atoms with E-state index in [0.29, 0.717) is 21.4 Å². The van der Waals surface area contributed by atoms with Gasteiger partial charge in [0.15, 0.2) is 0 Å². The number of halogens is 1. The summed E-state index contributed by atoms with van der Waals surface area (Å²) in [4.78, 5) is 17.3. The van der Waals surface area contributed by atoms with E-state index in [1.165, 1.54) is 11.3 Å². The minimum atomic E-state index is -0.149. The predicted octanol–water partition coefficient (Wildman–Crippen LogP) is 6.02. The predicted molar refractivity (Wildman–Crippen MR) is 126 cm³/mol.